The third-order valence-electron chi connectivity index (χ3n) is 5.60. The van der Waals surface area contributed by atoms with E-state index in [0.29, 0.717) is 23.4 Å². The summed E-state index contributed by atoms with van der Waals surface area (Å²) in [5.74, 6) is 0.872. The van der Waals surface area contributed by atoms with E-state index in [2.05, 4.69) is 5.32 Å². The first-order valence-corrected chi connectivity index (χ1v) is 9.98. The molecule has 2 atom stereocenters. The molecule has 1 heterocycles. The van der Waals surface area contributed by atoms with E-state index in [0.717, 1.165) is 16.9 Å². The number of amides is 1. The van der Waals surface area contributed by atoms with E-state index >= 15 is 0 Å². The number of carbonyl (C=O) groups excluding carboxylic acids is 2. The van der Waals surface area contributed by atoms with Crippen molar-refractivity contribution in [1.82, 2.24) is 10.2 Å². The van der Waals surface area contributed by atoms with Gasteiger partial charge in [0.25, 0.3) is 5.91 Å². The highest BCUT2D eigenvalue weighted by molar-refractivity contribution is 5.97. The van der Waals surface area contributed by atoms with Crippen molar-refractivity contribution < 1.29 is 23.8 Å². The van der Waals surface area contributed by atoms with Crippen LogP contribution in [-0.2, 0) is 20.9 Å². The summed E-state index contributed by atoms with van der Waals surface area (Å²) in [5, 5.41) is 3.33. The quantitative estimate of drug-likeness (QED) is 0.656. The first-order valence-electron chi connectivity index (χ1n) is 9.98. The number of hydrogen-bond acceptors (Lipinski definition) is 6. The fraction of sp³-hybridized carbons (Fsp3) is 0.333. The molecule has 1 N–H and O–H groups in total. The Morgan fingerprint density at radius 2 is 1.71 bits per heavy atom. The minimum Gasteiger partial charge on any atom is -0.497 e. The van der Waals surface area contributed by atoms with Crippen molar-refractivity contribution in [2.75, 3.05) is 21.3 Å². The van der Waals surface area contributed by atoms with Gasteiger partial charge in [-0.05, 0) is 54.8 Å². The second-order valence-electron chi connectivity index (χ2n) is 7.39. The second kappa shape index (κ2) is 9.66. The van der Waals surface area contributed by atoms with Gasteiger partial charge in [0.15, 0.2) is 0 Å². The lowest BCUT2D eigenvalue weighted by atomic mass is 10.0. The van der Waals surface area contributed by atoms with Crippen molar-refractivity contribution in [2.45, 2.75) is 32.6 Å². The van der Waals surface area contributed by atoms with E-state index in [9.17, 15) is 9.59 Å². The Morgan fingerprint density at radius 3 is 2.32 bits per heavy atom. The highest BCUT2D eigenvalue weighted by Crippen LogP contribution is 2.29. The Bertz CT molecular complexity index is 984. The van der Waals surface area contributed by atoms with Gasteiger partial charge in [0.05, 0.1) is 21.3 Å². The van der Waals surface area contributed by atoms with E-state index in [1.165, 1.54) is 7.11 Å². The molecule has 0 bridgehead atoms. The SMILES string of the molecule is COC(=O)[C@H](N[C@H]1C(C)=C(C)C(=O)N1Cc1ccc(OC)cc1)c1cccc(OC)c1. The van der Waals surface area contributed by atoms with E-state index < -0.39 is 18.2 Å². The molecule has 1 amide bonds. The van der Waals surface area contributed by atoms with Crippen LogP contribution in [0.2, 0.25) is 0 Å². The molecular weight excluding hydrogens is 396 g/mol. The molecule has 1 aliphatic rings. The number of nitrogens with one attached hydrogen (secondary N) is 1. The van der Waals surface area contributed by atoms with Gasteiger partial charge in [0, 0.05) is 12.1 Å². The number of benzene rings is 2. The molecule has 7 heteroatoms. The molecule has 7 nitrogen and oxygen atoms in total. The summed E-state index contributed by atoms with van der Waals surface area (Å²) in [7, 11) is 4.53. The Balaban J connectivity index is 1.90. The molecule has 0 aromatic heterocycles. The summed E-state index contributed by atoms with van der Waals surface area (Å²) in [6.07, 6.45) is -0.454. The number of ether oxygens (including phenoxy) is 3. The van der Waals surface area contributed by atoms with Crippen molar-refractivity contribution in [3.8, 4) is 11.5 Å². The van der Waals surface area contributed by atoms with Crippen LogP contribution in [0.1, 0.15) is 31.0 Å². The van der Waals surface area contributed by atoms with Gasteiger partial charge in [0.1, 0.15) is 23.7 Å². The van der Waals surface area contributed by atoms with Crippen LogP contribution >= 0.6 is 0 Å². The average molecular weight is 424 g/mol. The van der Waals surface area contributed by atoms with Gasteiger partial charge in [-0.15, -0.1) is 0 Å². The molecular formula is C24H28N2O5. The van der Waals surface area contributed by atoms with Gasteiger partial charge in [0.2, 0.25) is 0 Å². The smallest absolute Gasteiger partial charge is 0.327 e. The van der Waals surface area contributed by atoms with Gasteiger partial charge < -0.3 is 19.1 Å². The van der Waals surface area contributed by atoms with Crippen LogP contribution in [0, 0.1) is 0 Å². The number of carbonyl (C=O) groups is 2. The number of esters is 1. The van der Waals surface area contributed by atoms with E-state index in [4.69, 9.17) is 14.2 Å². The van der Waals surface area contributed by atoms with Crippen LogP contribution in [0.3, 0.4) is 0 Å². The zero-order valence-corrected chi connectivity index (χ0v) is 18.5. The number of methoxy groups -OCH3 is 3. The van der Waals surface area contributed by atoms with Crippen molar-refractivity contribution in [3.05, 3.63) is 70.8 Å². The van der Waals surface area contributed by atoms with E-state index in [1.807, 2.05) is 49.4 Å². The fourth-order valence-corrected chi connectivity index (χ4v) is 3.64. The topological polar surface area (TPSA) is 77.1 Å². The summed E-state index contributed by atoms with van der Waals surface area (Å²) in [6.45, 7) is 4.10. The maximum atomic E-state index is 13.0. The third kappa shape index (κ3) is 4.72. The molecule has 3 rings (SSSR count). The monoisotopic (exact) mass is 424 g/mol. The van der Waals surface area contributed by atoms with Crippen LogP contribution in [-0.4, -0.2) is 44.3 Å². The molecule has 2 aromatic rings. The van der Waals surface area contributed by atoms with E-state index in [1.54, 1.807) is 32.1 Å². The molecule has 31 heavy (non-hydrogen) atoms. The number of nitrogens with zero attached hydrogens (tertiary/aromatic N) is 1. The van der Waals surface area contributed by atoms with Crippen LogP contribution in [0.15, 0.2) is 59.7 Å². The molecule has 0 aliphatic carbocycles. The van der Waals surface area contributed by atoms with Crippen LogP contribution < -0.4 is 14.8 Å². The molecule has 0 radical (unpaired) electrons. The van der Waals surface area contributed by atoms with Gasteiger partial charge >= 0.3 is 5.97 Å². The summed E-state index contributed by atoms with van der Waals surface area (Å²) < 4.78 is 15.6. The lowest BCUT2D eigenvalue weighted by molar-refractivity contribution is -0.144. The zero-order chi connectivity index (χ0) is 22.5. The summed E-state index contributed by atoms with van der Waals surface area (Å²) in [6, 6.07) is 14.0. The molecule has 0 spiro atoms. The lowest BCUT2D eigenvalue weighted by Crippen LogP contribution is -2.48. The maximum absolute atomic E-state index is 13.0. The molecule has 0 unspecified atom stereocenters. The van der Waals surface area contributed by atoms with Gasteiger partial charge in [-0.3, -0.25) is 10.1 Å². The molecule has 2 aromatic carbocycles. The molecule has 0 saturated carbocycles. The maximum Gasteiger partial charge on any atom is 0.327 e. The molecule has 0 fully saturated rings. The summed E-state index contributed by atoms with van der Waals surface area (Å²) in [4.78, 5) is 27.3. The Kier molecular flexibility index (Phi) is 6.97. The Morgan fingerprint density at radius 1 is 1.03 bits per heavy atom. The first kappa shape index (κ1) is 22.4. The first-order chi connectivity index (χ1) is 14.9. The predicted molar refractivity (Wildman–Crippen MR) is 117 cm³/mol. The van der Waals surface area contributed by atoms with Crippen LogP contribution in [0.25, 0.3) is 0 Å². The van der Waals surface area contributed by atoms with Crippen LogP contribution in [0.4, 0.5) is 0 Å². The number of hydrogen-bond donors (Lipinski definition) is 1. The average Bonchev–Trinajstić information content (AvgIpc) is 3.00. The summed E-state index contributed by atoms with van der Waals surface area (Å²) >= 11 is 0. The second-order valence-corrected chi connectivity index (χ2v) is 7.39. The van der Waals surface area contributed by atoms with Crippen molar-refractivity contribution in [3.63, 3.8) is 0 Å². The Hall–Kier alpha value is -3.32. The largest absolute Gasteiger partial charge is 0.497 e. The number of rotatable bonds is 8. The normalized spacial score (nSPS) is 17.0. The van der Waals surface area contributed by atoms with Gasteiger partial charge in [-0.25, -0.2) is 4.79 Å². The third-order valence-corrected chi connectivity index (χ3v) is 5.60. The van der Waals surface area contributed by atoms with Crippen molar-refractivity contribution in [2.24, 2.45) is 0 Å². The van der Waals surface area contributed by atoms with Gasteiger partial charge in [-0.1, -0.05) is 24.3 Å². The zero-order valence-electron chi connectivity index (χ0n) is 18.5. The fourth-order valence-electron chi connectivity index (χ4n) is 3.64. The van der Waals surface area contributed by atoms with Crippen LogP contribution in [0.5, 0.6) is 11.5 Å². The molecule has 1 aliphatic heterocycles. The van der Waals surface area contributed by atoms with E-state index in [-0.39, 0.29) is 5.91 Å². The molecule has 0 saturated heterocycles. The highest BCUT2D eigenvalue weighted by Gasteiger charge is 2.38. The summed E-state index contributed by atoms with van der Waals surface area (Å²) in [5.41, 5.74) is 3.19. The minimum absolute atomic E-state index is 0.0694. The van der Waals surface area contributed by atoms with Gasteiger partial charge in [-0.2, -0.15) is 0 Å². The highest BCUT2D eigenvalue weighted by atomic mass is 16.5. The molecule has 164 valence electrons. The standard InChI is InChI=1S/C24H28N2O5/c1-15-16(2)23(27)26(14-17-9-11-19(29-3)12-10-17)22(15)25-21(24(28)31-5)18-7-6-8-20(13-18)30-4/h6-13,21-22,25H,14H2,1-5H3/t21-,22-/m1/s1. The van der Waals surface area contributed by atoms with Crippen molar-refractivity contribution >= 4 is 11.9 Å². The Labute approximate surface area is 182 Å². The van der Waals surface area contributed by atoms with Crippen molar-refractivity contribution in [1.29, 1.82) is 0 Å². The lowest BCUT2D eigenvalue weighted by Gasteiger charge is -2.31. The predicted octanol–water partition coefficient (Wildman–Crippen LogP) is 3.21. The minimum atomic E-state index is -0.767.